The zero-order valence-corrected chi connectivity index (χ0v) is 11.8. The Labute approximate surface area is 120 Å². The smallest absolute Gasteiger partial charge is 0.376 e. The summed E-state index contributed by atoms with van der Waals surface area (Å²) in [5, 5.41) is 0.233. The number of rotatable bonds is 2. The fourth-order valence-electron chi connectivity index (χ4n) is 1.63. The quantitative estimate of drug-likeness (QED) is 0.628. The van der Waals surface area contributed by atoms with Crippen LogP contribution in [0.4, 0.5) is 0 Å². The lowest BCUT2D eigenvalue weighted by Gasteiger charge is -2.08. The summed E-state index contributed by atoms with van der Waals surface area (Å²) in [5.41, 5.74) is 2.35. The molecule has 0 saturated heterocycles. The third-order valence-electron chi connectivity index (χ3n) is 2.50. The molecule has 2 aromatic rings. The van der Waals surface area contributed by atoms with Gasteiger partial charge in [-0.25, -0.2) is 14.8 Å². The van der Waals surface area contributed by atoms with E-state index < -0.39 is 5.97 Å². The summed E-state index contributed by atoms with van der Waals surface area (Å²) in [5.74, 6) is -0.839. The molecule has 0 fully saturated rings. The number of esters is 1. The first kappa shape index (κ1) is 13.8. The average molecular weight is 297 g/mol. The standard InChI is InChI=1S/C13H10Cl2N2O2/c1-7-4-3-5-8(6-7)9-10(14)16-12(13(18)19-2)17-11(9)15/h3-6H,1-2H3. The van der Waals surface area contributed by atoms with Gasteiger partial charge in [-0.05, 0) is 12.5 Å². The zero-order chi connectivity index (χ0) is 14.0. The molecule has 6 heteroatoms. The molecule has 19 heavy (non-hydrogen) atoms. The van der Waals surface area contributed by atoms with Gasteiger partial charge in [-0.1, -0.05) is 53.0 Å². The number of aryl methyl sites for hydroxylation is 1. The van der Waals surface area contributed by atoms with E-state index in [1.165, 1.54) is 7.11 Å². The van der Waals surface area contributed by atoms with Crippen LogP contribution in [0.5, 0.6) is 0 Å². The number of aromatic nitrogens is 2. The molecule has 0 aliphatic rings. The van der Waals surface area contributed by atoms with Crippen molar-refractivity contribution < 1.29 is 9.53 Å². The molecule has 0 N–H and O–H groups in total. The minimum atomic E-state index is -0.681. The van der Waals surface area contributed by atoms with Gasteiger partial charge in [-0.2, -0.15) is 0 Å². The third kappa shape index (κ3) is 2.85. The Hall–Kier alpha value is -1.65. The van der Waals surface area contributed by atoms with Crippen molar-refractivity contribution in [3.63, 3.8) is 0 Å². The number of carbonyl (C=O) groups excluding carboxylic acids is 1. The first-order chi connectivity index (χ1) is 9.02. The van der Waals surface area contributed by atoms with Crippen LogP contribution in [0.15, 0.2) is 24.3 Å². The van der Waals surface area contributed by atoms with Crippen LogP contribution in [0.1, 0.15) is 16.2 Å². The van der Waals surface area contributed by atoms with E-state index in [0.29, 0.717) is 5.56 Å². The predicted octanol–water partition coefficient (Wildman–Crippen LogP) is 3.55. The Balaban J connectivity index is 2.57. The first-order valence-corrected chi connectivity index (χ1v) is 6.17. The van der Waals surface area contributed by atoms with Gasteiger partial charge in [0, 0.05) is 0 Å². The van der Waals surface area contributed by atoms with Crippen LogP contribution in [-0.2, 0) is 4.74 Å². The Morgan fingerprint density at radius 2 is 1.84 bits per heavy atom. The molecule has 0 bridgehead atoms. The van der Waals surface area contributed by atoms with E-state index in [4.69, 9.17) is 23.2 Å². The Bertz CT molecular complexity index is 621. The van der Waals surface area contributed by atoms with Crippen molar-refractivity contribution in [2.24, 2.45) is 0 Å². The van der Waals surface area contributed by atoms with Crippen LogP contribution in [0.3, 0.4) is 0 Å². The highest BCUT2D eigenvalue weighted by Gasteiger charge is 2.18. The van der Waals surface area contributed by atoms with Crippen molar-refractivity contribution in [1.82, 2.24) is 9.97 Å². The van der Waals surface area contributed by atoms with Crippen LogP contribution in [0, 0.1) is 6.92 Å². The molecule has 1 heterocycles. The summed E-state index contributed by atoms with van der Waals surface area (Å²) in [6, 6.07) is 7.59. The molecule has 0 radical (unpaired) electrons. The van der Waals surface area contributed by atoms with Crippen molar-refractivity contribution in [1.29, 1.82) is 0 Å². The van der Waals surface area contributed by atoms with Gasteiger partial charge in [0.25, 0.3) is 0 Å². The van der Waals surface area contributed by atoms with E-state index in [1.54, 1.807) is 0 Å². The summed E-state index contributed by atoms with van der Waals surface area (Å²) in [6.07, 6.45) is 0. The van der Waals surface area contributed by atoms with Gasteiger partial charge in [0.1, 0.15) is 10.3 Å². The van der Waals surface area contributed by atoms with E-state index in [-0.39, 0.29) is 16.1 Å². The van der Waals surface area contributed by atoms with Gasteiger partial charge in [0.2, 0.25) is 5.82 Å². The fraction of sp³-hybridized carbons (Fsp3) is 0.154. The minimum Gasteiger partial charge on any atom is -0.463 e. The van der Waals surface area contributed by atoms with Gasteiger partial charge in [0.15, 0.2) is 0 Å². The second-order valence-corrected chi connectivity index (χ2v) is 4.58. The first-order valence-electron chi connectivity index (χ1n) is 5.41. The molecule has 0 aliphatic carbocycles. The van der Waals surface area contributed by atoms with Gasteiger partial charge < -0.3 is 4.74 Å². The minimum absolute atomic E-state index is 0.117. The number of hydrogen-bond donors (Lipinski definition) is 0. The van der Waals surface area contributed by atoms with Crippen LogP contribution >= 0.6 is 23.2 Å². The average Bonchev–Trinajstić information content (AvgIpc) is 2.37. The molecule has 0 atom stereocenters. The summed E-state index contributed by atoms with van der Waals surface area (Å²) >= 11 is 12.2. The third-order valence-corrected chi connectivity index (χ3v) is 3.04. The topological polar surface area (TPSA) is 52.1 Å². The molecule has 0 unspecified atom stereocenters. The summed E-state index contributed by atoms with van der Waals surface area (Å²) in [4.78, 5) is 19.2. The largest absolute Gasteiger partial charge is 0.463 e. The SMILES string of the molecule is COC(=O)c1nc(Cl)c(-c2cccc(C)c2)c(Cl)n1. The predicted molar refractivity (Wildman–Crippen MR) is 73.6 cm³/mol. The fourth-order valence-corrected chi connectivity index (χ4v) is 2.23. The molecule has 4 nitrogen and oxygen atoms in total. The number of halogens is 2. The summed E-state index contributed by atoms with van der Waals surface area (Å²) in [6.45, 7) is 1.95. The molecule has 0 spiro atoms. The van der Waals surface area contributed by atoms with Crippen LogP contribution in [0.25, 0.3) is 11.1 Å². The second-order valence-electron chi connectivity index (χ2n) is 3.86. The summed E-state index contributed by atoms with van der Waals surface area (Å²) < 4.78 is 4.53. The van der Waals surface area contributed by atoms with Gasteiger partial charge >= 0.3 is 5.97 Å². The van der Waals surface area contributed by atoms with Crippen molar-refractivity contribution in [2.75, 3.05) is 7.11 Å². The van der Waals surface area contributed by atoms with Crippen LogP contribution in [0.2, 0.25) is 10.3 Å². The number of nitrogens with zero attached hydrogens (tertiary/aromatic N) is 2. The van der Waals surface area contributed by atoms with Crippen molar-refractivity contribution in [2.45, 2.75) is 6.92 Å². The lowest BCUT2D eigenvalue weighted by atomic mass is 10.1. The highest BCUT2D eigenvalue weighted by Crippen LogP contribution is 2.32. The highest BCUT2D eigenvalue weighted by molar-refractivity contribution is 6.37. The monoisotopic (exact) mass is 296 g/mol. The Morgan fingerprint density at radius 3 is 2.37 bits per heavy atom. The molecule has 0 aliphatic heterocycles. The van der Waals surface area contributed by atoms with Crippen LogP contribution in [-0.4, -0.2) is 23.0 Å². The number of methoxy groups -OCH3 is 1. The lowest BCUT2D eigenvalue weighted by Crippen LogP contribution is -2.08. The number of ether oxygens (including phenoxy) is 1. The van der Waals surface area contributed by atoms with Gasteiger partial charge in [-0.3, -0.25) is 0 Å². The molecule has 98 valence electrons. The zero-order valence-electron chi connectivity index (χ0n) is 10.3. The summed E-state index contributed by atoms with van der Waals surface area (Å²) in [7, 11) is 1.24. The molecule has 1 aromatic carbocycles. The van der Waals surface area contributed by atoms with E-state index in [2.05, 4.69) is 14.7 Å². The Kier molecular flexibility index (Phi) is 4.02. The molecular weight excluding hydrogens is 287 g/mol. The normalized spacial score (nSPS) is 10.3. The lowest BCUT2D eigenvalue weighted by molar-refractivity contribution is 0.0586. The van der Waals surface area contributed by atoms with Crippen LogP contribution < -0.4 is 0 Å². The van der Waals surface area contributed by atoms with Crippen molar-refractivity contribution in [3.8, 4) is 11.1 Å². The number of benzene rings is 1. The van der Waals surface area contributed by atoms with E-state index in [1.807, 2.05) is 31.2 Å². The van der Waals surface area contributed by atoms with E-state index in [0.717, 1.165) is 11.1 Å². The molecule has 0 saturated carbocycles. The maximum absolute atomic E-state index is 11.4. The highest BCUT2D eigenvalue weighted by atomic mass is 35.5. The second kappa shape index (κ2) is 5.55. The number of hydrogen-bond acceptors (Lipinski definition) is 4. The number of carbonyl (C=O) groups is 1. The van der Waals surface area contributed by atoms with Crippen molar-refractivity contribution >= 4 is 29.2 Å². The molecule has 1 aromatic heterocycles. The molecular formula is C13H10Cl2N2O2. The van der Waals surface area contributed by atoms with Crippen molar-refractivity contribution in [3.05, 3.63) is 46.0 Å². The molecule has 0 amide bonds. The van der Waals surface area contributed by atoms with E-state index in [9.17, 15) is 4.79 Å². The van der Waals surface area contributed by atoms with Gasteiger partial charge in [0.05, 0.1) is 12.7 Å². The Morgan fingerprint density at radius 1 is 1.21 bits per heavy atom. The maximum Gasteiger partial charge on any atom is 0.376 e. The maximum atomic E-state index is 11.4. The molecule has 2 rings (SSSR count). The van der Waals surface area contributed by atoms with Gasteiger partial charge in [-0.15, -0.1) is 0 Å². The van der Waals surface area contributed by atoms with E-state index >= 15 is 0 Å².